The Balaban J connectivity index is 2.01. The smallest absolute Gasteiger partial charge is 0.339 e. The van der Waals surface area contributed by atoms with Crippen LogP contribution in [0.2, 0.25) is 0 Å². The van der Waals surface area contributed by atoms with E-state index in [1.54, 1.807) is 0 Å². The molecule has 0 radical (unpaired) electrons. The topological polar surface area (TPSA) is 83.0 Å². The van der Waals surface area contributed by atoms with Gasteiger partial charge in [0.2, 0.25) is 5.91 Å². The molecule has 1 fully saturated rings. The number of carbonyl (C=O) groups is 1. The molecule has 1 atom stereocenters. The summed E-state index contributed by atoms with van der Waals surface area (Å²) in [5.74, 6) is 0.101. The largest absolute Gasteiger partial charge is 0.343 e. The molecule has 1 aliphatic rings. The van der Waals surface area contributed by atoms with E-state index in [2.05, 4.69) is 15.5 Å². The van der Waals surface area contributed by atoms with Crippen LogP contribution in [0.25, 0.3) is 0 Å². The summed E-state index contributed by atoms with van der Waals surface area (Å²) in [6, 6.07) is 0. The summed E-state index contributed by atoms with van der Waals surface area (Å²) in [7, 11) is 0. The van der Waals surface area contributed by atoms with E-state index in [1.807, 2.05) is 18.7 Å². The quantitative estimate of drug-likeness (QED) is 0.729. The standard InChI is InChI=1S/C11H19N5O2S/c1-3-16-10(18)13-14-11(16)19-8(2)9(17)15-6-4-12-5-7-15/h8,12H,3-7H2,1-2H3,(H,13,18). The van der Waals surface area contributed by atoms with Crippen molar-refractivity contribution in [3.05, 3.63) is 10.5 Å². The highest BCUT2D eigenvalue weighted by molar-refractivity contribution is 8.00. The fourth-order valence-electron chi connectivity index (χ4n) is 2.02. The number of carbonyl (C=O) groups excluding carboxylic acids is 1. The normalized spacial score (nSPS) is 17.5. The van der Waals surface area contributed by atoms with E-state index in [4.69, 9.17) is 0 Å². The minimum atomic E-state index is -0.237. The van der Waals surface area contributed by atoms with Gasteiger partial charge in [-0.3, -0.25) is 9.36 Å². The first-order valence-electron chi connectivity index (χ1n) is 6.45. The van der Waals surface area contributed by atoms with Gasteiger partial charge in [-0.25, -0.2) is 9.89 Å². The van der Waals surface area contributed by atoms with Crippen LogP contribution in [0, 0.1) is 0 Å². The molecule has 1 aromatic rings. The van der Waals surface area contributed by atoms with Crippen molar-refractivity contribution < 1.29 is 4.79 Å². The maximum absolute atomic E-state index is 12.3. The van der Waals surface area contributed by atoms with Crippen LogP contribution in [-0.2, 0) is 11.3 Å². The number of H-pyrrole nitrogens is 1. The van der Waals surface area contributed by atoms with Crippen LogP contribution >= 0.6 is 11.8 Å². The van der Waals surface area contributed by atoms with Crippen LogP contribution in [0.5, 0.6) is 0 Å². The molecule has 0 aromatic carbocycles. The Hall–Kier alpha value is -1.28. The lowest BCUT2D eigenvalue weighted by atomic mass is 10.3. The van der Waals surface area contributed by atoms with Crippen LogP contribution in [0.1, 0.15) is 13.8 Å². The number of hydrogen-bond acceptors (Lipinski definition) is 5. The molecule has 19 heavy (non-hydrogen) atoms. The molecule has 0 spiro atoms. The Labute approximate surface area is 115 Å². The number of nitrogens with one attached hydrogen (secondary N) is 2. The van der Waals surface area contributed by atoms with Gasteiger partial charge in [0.25, 0.3) is 0 Å². The van der Waals surface area contributed by atoms with Gasteiger partial charge in [-0.2, -0.15) is 0 Å². The number of thioether (sulfide) groups is 1. The second-order valence-electron chi connectivity index (χ2n) is 4.39. The molecule has 8 heteroatoms. The first kappa shape index (κ1) is 14.1. The molecule has 2 N–H and O–H groups in total. The van der Waals surface area contributed by atoms with Crippen molar-refractivity contribution in [2.75, 3.05) is 26.2 Å². The van der Waals surface area contributed by atoms with Crippen LogP contribution in [0.4, 0.5) is 0 Å². The van der Waals surface area contributed by atoms with Crippen molar-refractivity contribution in [3.63, 3.8) is 0 Å². The van der Waals surface area contributed by atoms with Crippen LogP contribution in [0.15, 0.2) is 9.95 Å². The Bertz CT molecular complexity index is 492. The highest BCUT2D eigenvalue weighted by Gasteiger charge is 2.24. The number of nitrogens with zero attached hydrogens (tertiary/aromatic N) is 3. The van der Waals surface area contributed by atoms with Gasteiger partial charge in [0.1, 0.15) is 0 Å². The summed E-state index contributed by atoms with van der Waals surface area (Å²) in [5.41, 5.74) is -0.230. The summed E-state index contributed by atoms with van der Waals surface area (Å²) in [6.45, 7) is 7.44. The number of rotatable bonds is 4. The summed E-state index contributed by atoms with van der Waals surface area (Å²) in [5, 5.41) is 9.92. The second-order valence-corrected chi connectivity index (χ2v) is 5.70. The van der Waals surface area contributed by atoms with E-state index < -0.39 is 0 Å². The fraction of sp³-hybridized carbons (Fsp3) is 0.727. The lowest BCUT2D eigenvalue weighted by Crippen LogP contribution is -2.48. The van der Waals surface area contributed by atoms with Crippen molar-refractivity contribution in [3.8, 4) is 0 Å². The van der Waals surface area contributed by atoms with Crippen molar-refractivity contribution in [1.82, 2.24) is 25.0 Å². The molecule has 0 aliphatic carbocycles. The van der Waals surface area contributed by atoms with Gasteiger partial charge in [-0.05, 0) is 13.8 Å². The molecule has 2 rings (SSSR count). The minimum absolute atomic E-state index is 0.101. The number of piperazine rings is 1. The van der Waals surface area contributed by atoms with E-state index in [-0.39, 0.29) is 16.8 Å². The van der Waals surface area contributed by atoms with Crippen molar-refractivity contribution in [1.29, 1.82) is 0 Å². The third-order valence-corrected chi connectivity index (χ3v) is 4.18. The van der Waals surface area contributed by atoms with Gasteiger partial charge in [0.05, 0.1) is 5.25 Å². The van der Waals surface area contributed by atoms with E-state index >= 15 is 0 Å². The molecule has 1 amide bonds. The third-order valence-electron chi connectivity index (χ3n) is 3.10. The Morgan fingerprint density at radius 2 is 2.16 bits per heavy atom. The van der Waals surface area contributed by atoms with Crippen LogP contribution in [0.3, 0.4) is 0 Å². The van der Waals surface area contributed by atoms with E-state index in [0.29, 0.717) is 11.7 Å². The molecular formula is C11H19N5O2S. The molecule has 1 aliphatic heterocycles. The van der Waals surface area contributed by atoms with E-state index in [1.165, 1.54) is 16.3 Å². The van der Waals surface area contributed by atoms with Crippen LogP contribution < -0.4 is 11.0 Å². The molecule has 106 valence electrons. The average Bonchev–Trinajstić information content (AvgIpc) is 2.79. The summed E-state index contributed by atoms with van der Waals surface area (Å²) < 4.78 is 1.53. The highest BCUT2D eigenvalue weighted by atomic mass is 32.2. The first-order chi connectivity index (χ1) is 9.13. The zero-order valence-corrected chi connectivity index (χ0v) is 12.0. The second kappa shape index (κ2) is 6.25. The molecule has 1 aromatic heterocycles. The Kier molecular flexibility index (Phi) is 4.65. The zero-order valence-electron chi connectivity index (χ0n) is 11.2. The third kappa shape index (κ3) is 3.19. The maximum atomic E-state index is 12.3. The molecular weight excluding hydrogens is 266 g/mol. The maximum Gasteiger partial charge on any atom is 0.343 e. The molecule has 1 saturated heterocycles. The van der Waals surface area contributed by atoms with Gasteiger partial charge >= 0.3 is 5.69 Å². The van der Waals surface area contributed by atoms with Gasteiger partial charge < -0.3 is 10.2 Å². The Morgan fingerprint density at radius 1 is 1.47 bits per heavy atom. The summed E-state index contributed by atoms with van der Waals surface area (Å²) in [6.07, 6.45) is 0. The van der Waals surface area contributed by atoms with Crippen molar-refractivity contribution in [2.45, 2.75) is 30.8 Å². The molecule has 0 saturated carbocycles. The molecule has 2 heterocycles. The number of hydrogen-bond donors (Lipinski definition) is 2. The SMILES string of the molecule is CCn1c(SC(C)C(=O)N2CCNCC2)n[nH]c1=O. The van der Waals surface area contributed by atoms with Crippen molar-refractivity contribution in [2.24, 2.45) is 0 Å². The van der Waals surface area contributed by atoms with Crippen molar-refractivity contribution >= 4 is 17.7 Å². The lowest BCUT2D eigenvalue weighted by Gasteiger charge is -2.29. The minimum Gasteiger partial charge on any atom is -0.339 e. The van der Waals surface area contributed by atoms with Gasteiger partial charge in [0, 0.05) is 32.7 Å². The van der Waals surface area contributed by atoms with E-state index in [9.17, 15) is 9.59 Å². The average molecular weight is 285 g/mol. The molecule has 0 bridgehead atoms. The first-order valence-corrected chi connectivity index (χ1v) is 7.32. The van der Waals surface area contributed by atoms with Crippen LogP contribution in [-0.4, -0.2) is 57.0 Å². The lowest BCUT2D eigenvalue weighted by molar-refractivity contribution is -0.130. The number of aromatic amines is 1. The van der Waals surface area contributed by atoms with Gasteiger partial charge in [-0.15, -0.1) is 5.10 Å². The molecule has 1 unspecified atom stereocenters. The van der Waals surface area contributed by atoms with Gasteiger partial charge in [-0.1, -0.05) is 11.8 Å². The van der Waals surface area contributed by atoms with Gasteiger partial charge in [0.15, 0.2) is 5.16 Å². The zero-order chi connectivity index (χ0) is 13.8. The van der Waals surface area contributed by atoms with E-state index in [0.717, 1.165) is 26.2 Å². The summed E-state index contributed by atoms with van der Waals surface area (Å²) in [4.78, 5) is 25.6. The predicted molar refractivity (Wildman–Crippen MR) is 73.3 cm³/mol. The predicted octanol–water partition coefficient (Wildman–Crippen LogP) is -0.496. The summed E-state index contributed by atoms with van der Waals surface area (Å²) >= 11 is 1.33. The number of aromatic nitrogens is 3. The Morgan fingerprint density at radius 3 is 2.79 bits per heavy atom. The number of amides is 1. The monoisotopic (exact) mass is 285 g/mol. The molecule has 7 nitrogen and oxygen atoms in total. The highest BCUT2D eigenvalue weighted by Crippen LogP contribution is 2.21. The fourth-order valence-corrected chi connectivity index (χ4v) is 3.03.